The summed E-state index contributed by atoms with van der Waals surface area (Å²) in [5, 5.41) is 0. The van der Waals surface area contributed by atoms with Crippen molar-refractivity contribution in [3.63, 3.8) is 0 Å². The summed E-state index contributed by atoms with van der Waals surface area (Å²) in [7, 11) is 1.68. The average molecular weight is 287 g/mol. The maximum absolute atomic E-state index is 5.76. The highest BCUT2D eigenvalue weighted by Gasteiger charge is 2.05. The Kier molecular flexibility index (Phi) is 5.10. The van der Waals surface area contributed by atoms with Crippen LogP contribution in [0.4, 0.5) is 0 Å². The summed E-state index contributed by atoms with van der Waals surface area (Å²) in [5.41, 5.74) is 10.7. The van der Waals surface area contributed by atoms with Gasteiger partial charge in [0.25, 0.3) is 0 Å². The third kappa shape index (κ3) is 3.56. The largest absolute Gasteiger partial charge is 0.496 e. The first-order valence-corrected chi connectivity index (χ1v) is 7.68. The SMILES string of the molecule is COc1ccc(CSc2cc(C)ccc2C)cc1CN. The lowest BCUT2D eigenvalue weighted by atomic mass is 10.1. The maximum atomic E-state index is 5.76. The molecule has 2 aromatic carbocycles. The number of nitrogens with two attached hydrogens (primary N) is 1. The monoisotopic (exact) mass is 287 g/mol. The summed E-state index contributed by atoms with van der Waals surface area (Å²) in [4.78, 5) is 1.34. The number of hydrogen-bond acceptors (Lipinski definition) is 3. The summed E-state index contributed by atoms with van der Waals surface area (Å²) < 4.78 is 5.30. The van der Waals surface area contributed by atoms with Gasteiger partial charge >= 0.3 is 0 Å². The van der Waals surface area contributed by atoms with E-state index in [1.165, 1.54) is 21.6 Å². The number of aryl methyl sites for hydroxylation is 2. The predicted molar refractivity (Wildman–Crippen MR) is 86.4 cm³/mol. The standard InChI is InChI=1S/C17H21NOS/c1-12-4-5-13(2)17(8-12)20-11-14-6-7-16(19-3)15(9-14)10-18/h4-9H,10-11,18H2,1-3H3. The highest BCUT2D eigenvalue weighted by atomic mass is 32.2. The molecule has 0 radical (unpaired) electrons. The Bertz CT molecular complexity index is 596. The quantitative estimate of drug-likeness (QED) is 0.842. The molecular weight excluding hydrogens is 266 g/mol. The van der Waals surface area contributed by atoms with Gasteiger partial charge < -0.3 is 10.5 Å². The molecule has 2 nitrogen and oxygen atoms in total. The van der Waals surface area contributed by atoms with Gasteiger partial charge in [-0.2, -0.15) is 0 Å². The number of rotatable bonds is 5. The van der Waals surface area contributed by atoms with Crippen LogP contribution in [0.5, 0.6) is 5.75 Å². The van der Waals surface area contributed by atoms with Gasteiger partial charge in [-0.15, -0.1) is 11.8 Å². The molecule has 0 amide bonds. The molecule has 0 aliphatic carbocycles. The fraction of sp³-hybridized carbons (Fsp3) is 0.294. The fourth-order valence-corrected chi connectivity index (χ4v) is 3.17. The summed E-state index contributed by atoms with van der Waals surface area (Å²) in [5.74, 6) is 1.81. The Morgan fingerprint density at radius 3 is 2.60 bits per heavy atom. The average Bonchev–Trinajstić information content (AvgIpc) is 2.47. The highest BCUT2D eigenvalue weighted by molar-refractivity contribution is 7.98. The van der Waals surface area contributed by atoms with Gasteiger partial charge in [0.2, 0.25) is 0 Å². The van der Waals surface area contributed by atoms with E-state index in [0.717, 1.165) is 17.1 Å². The number of ether oxygens (including phenoxy) is 1. The smallest absolute Gasteiger partial charge is 0.123 e. The first-order chi connectivity index (χ1) is 9.63. The van der Waals surface area contributed by atoms with Crippen LogP contribution in [-0.4, -0.2) is 7.11 Å². The third-order valence-electron chi connectivity index (χ3n) is 3.30. The van der Waals surface area contributed by atoms with E-state index in [2.05, 4.69) is 44.2 Å². The van der Waals surface area contributed by atoms with E-state index in [1.807, 2.05) is 17.8 Å². The van der Waals surface area contributed by atoms with Gasteiger partial charge in [-0.05, 0) is 43.2 Å². The van der Waals surface area contributed by atoms with Crippen LogP contribution in [-0.2, 0) is 12.3 Å². The summed E-state index contributed by atoms with van der Waals surface area (Å²) in [6.45, 7) is 4.79. The third-order valence-corrected chi connectivity index (χ3v) is 4.53. The second-order valence-corrected chi connectivity index (χ2v) is 5.93. The first-order valence-electron chi connectivity index (χ1n) is 6.70. The molecule has 0 unspecified atom stereocenters. The molecule has 3 heteroatoms. The van der Waals surface area contributed by atoms with Crippen molar-refractivity contribution in [3.8, 4) is 5.75 Å². The molecule has 0 bridgehead atoms. The van der Waals surface area contributed by atoms with Gasteiger partial charge in [0, 0.05) is 22.8 Å². The Hall–Kier alpha value is -1.45. The Balaban J connectivity index is 2.12. The second kappa shape index (κ2) is 6.82. The predicted octanol–water partition coefficient (Wildman–Crippen LogP) is 4.06. The molecule has 0 saturated carbocycles. The van der Waals surface area contributed by atoms with Crippen LogP contribution in [0.1, 0.15) is 22.3 Å². The van der Waals surface area contributed by atoms with Gasteiger partial charge in [0.1, 0.15) is 5.75 Å². The van der Waals surface area contributed by atoms with Crippen LogP contribution in [0.2, 0.25) is 0 Å². The zero-order valence-corrected chi connectivity index (χ0v) is 13.1. The van der Waals surface area contributed by atoms with Crippen molar-refractivity contribution in [2.24, 2.45) is 5.73 Å². The van der Waals surface area contributed by atoms with Crippen molar-refractivity contribution in [3.05, 3.63) is 58.7 Å². The molecule has 0 saturated heterocycles. The number of methoxy groups -OCH3 is 1. The normalized spacial score (nSPS) is 10.6. The molecule has 106 valence electrons. The highest BCUT2D eigenvalue weighted by Crippen LogP contribution is 2.28. The Labute approximate surface area is 125 Å². The van der Waals surface area contributed by atoms with E-state index in [9.17, 15) is 0 Å². The minimum atomic E-state index is 0.505. The van der Waals surface area contributed by atoms with Gasteiger partial charge in [-0.3, -0.25) is 0 Å². The van der Waals surface area contributed by atoms with Crippen molar-refractivity contribution in [2.45, 2.75) is 31.0 Å². The molecule has 0 fully saturated rings. The minimum absolute atomic E-state index is 0.505. The topological polar surface area (TPSA) is 35.2 Å². The zero-order valence-electron chi connectivity index (χ0n) is 12.3. The summed E-state index contributed by atoms with van der Waals surface area (Å²) in [6, 6.07) is 12.8. The first kappa shape index (κ1) is 14.9. The number of benzene rings is 2. The van der Waals surface area contributed by atoms with Crippen LogP contribution < -0.4 is 10.5 Å². The van der Waals surface area contributed by atoms with Crippen molar-refractivity contribution in [1.29, 1.82) is 0 Å². The molecule has 0 aromatic heterocycles. The van der Waals surface area contributed by atoms with Crippen molar-refractivity contribution < 1.29 is 4.74 Å². The second-order valence-electron chi connectivity index (χ2n) is 4.91. The van der Waals surface area contributed by atoms with Crippen LogP contribution in [0.25, 0.3) is 0 Å². The molecule has 0 aliphatic rings. The van der Waals surface area contributed by atoms with Gasteiger partial charge in [-0.25, -0.2) is 0 Å². The number of thioether (sulfide) groups is 1. The maximum Gasteiger partial charge on any atom is 0.123 e. The summed E-state index contributed by atoms with van der Waals surface area (Å²) >= 11 is 1.87. The minimum Gasteiger partial charge on any atom is -0.496 e. The van der Waals surface area contributed by atoms with E-state index in [4.69, 9.17) is 10.5 Å². The van der Waals surface area contributed by atoms with E-state index in [0.29, 0.717) is 6.54 Å². The fourth-order valence-electron chi connectivity index (χ4n) is 2.11. The van der Waals surface area contributed by atoms with E-state index >= 15 is 0 Å². The van der Waals surface area contributed by atoms with Gasteiger partial charge in [0.05, 0.1) is 7.11 Å². The Morgan fingerprint density at radius 2 is 1.90 bits per heavy atom. The van der Waals surface area contributed by atoms with Crippen molar-refractivity contribution in [2.75, 3.05) is 7.11 Å². The van der Waals surface area contributed by atoms with E-state index in [1.54, 1.807) is 7.11 Å². The lowest BCUT2D eigenvalue weighted by Gasteiger charge is -2.10. The van der Waals surface area contributed by atoms with Crippen molar-refractivity contribution in [1.82, 2.24) is 0 Å². The molecule has 20 heavy (non-hydrogen) atoms. The molecule has 0 aliphatic heterocycles. The zero-order chi connectivity index (χ0) is 14.5. The molecule has 2 N–H and O–H groups in total. The molecular formula is C17H21NOS. The molecule has 2 rings (SSSR count). The molecule has 2 aromatic rings. The van der Waals surface area contributed by atoms with Crippen molar-refractivity contribution >= 4 is 11.8 Å². The van der Waals surface area contributed by atoms with E-state index < -0.39 is 0 Å². The lowest BCUT2D eigenvalue weighted by molar-refractivity contribution is 0.409. The summed E-state index contributed by atoms with van der Waals surface area (Å²) in [6.07, 6.45) is 0. The lowest BCUT2D eigenvalue weighted by Crippen LogP contribution is -2.00. The molecule has 0 atom stereocenters. The van der Waals surface area contributed by atoms with Crippen LogP contribution in [0.15, 0.2) is 41.3 Å². The Morgan fingerprint density at radius 1 is 1.10 bits per heavy atom. The van der Waals surface area contributed by atoms with Crippen LogP contribution in [0.3, 0.4) is 0 Å². The van der Waals surface area contributed by atoms with Gasteiger partial charge in [-0.1, -0.05) is 23.8 Å². The van der Waals surface area contributed by atoms with Crippen LogP contribution >= 0.6 is 11.8 Å². The molecule has 0 heterocycles. The number of hydrogen-bond donors (Lipinski definition) is 1. The van der Waals surface area contributed by atoms with E-state index in [-0.39, 0.29) is 0 Å². The van der Waals surface area contributed by atoms with Crippen LogP contribution in [0, 0.1) is 13.8 Å². The van der Waals surface area contributed by atoms with Gasteiger partial charge in [0.15, 0.2) is 0 Å². The molecule has 0 spiro atoms.